The molecule has 0 saturated carbocycles. The van der Waals surface area contributed by atoms with Crippen LogP contribution < -0.4 is 5.73 Å². The number of fused-ring (bicyclic) bond motifs is 1. The zero-order chi connectivity index (χ0) is 15.4. The van der Waals surface area contributed by atoms with Crippen LogP contribution in [0.25, 0.3) is 10.9 Å². The number of nitrogens with one attached hydrogen (secondary N) is 1. The fraction of sp³-hybridized carbons (Fsp3) is 0.438. The maximum absolute atomic E-state index is 12.8. The second-order valence-electron chi connectivity index (χ2n) is 5.20. The minimum atomic E-state index is -0.0474. The number of rotatable bonds is 6. The van der Waals surface area contributed by atoms with Crippen molar-refractivity contribution < 1.29 is 9.90 Å². The van der Waals surface area contributed by atoms with Crippen molar-refractivity contribution in [1.82, 2.24) is 9.88 Å². The summed E-state index contributed by atoms with van der Waals surface area (Å²) in [5.41, 5.74) is 7.91. The number of aromatic amines is 1. The highest BCUT2D eigenvalue weighted by Gasteiger charge is 2.24. The average Bonchev–Trinajstić information content (AvgIpc) is 2.89. The Morgan fingerprint density at radius 1 is 1.38 bits per heavy atom. The van der Waals surface area contributed by atoms with Crippen molar-refractivity contribution in [1.29, 1.82) is 0 Å². The lowest BCUT2D eigenvalue weighted by Gasteiger charge is -2.30. The van der Waals surface area contributed by atoms with E-state index in [0.717, 1.165) is 23.7 Å². The van der Waals surface area contributed by atoms with Gasteiger partial charge in [-0.05, 0) is 31.0 Å². The van der Waals surface area contributed by atoms with E-state index >= 15 is 0 Å². The van der Waals surface area contributed by atoms with Crippen molar-refractivity contribution in [3.05, 3.63) is 30.0 Å². The largest absolute Gasteiger partial charge is 0.399 e. The molecule has 1 aromatic heterocycles. The van der Waals surface area contributed by atoms with E-state index in [4.69, 9.17) is 5.73 Å². The first-order chi connectivity index (χ1) is 10.1. The van der Waals surface area contributed by atoms with Gasteiger partial charge in [0.25, 0.3) is 5.91 Å². The maximum atomic E-state index is 12.8. The first-order valence-electron chi connectivity index (χ1n) is 7.40. The van der Waals surface area contributed by atoms with Gasteiger partial charge in [0.05, 0.1) is 12.2 Å². The first-order valence-corrected chi connectivity index (χ1v) is 7.40. The third-order valence-corrected chi connectivity index (χ3v) is 3.92. The topological polar surface area (TPSA) is 82.3 Å². The van der Waals surface area contributed by atoms with Crippen LogP contribution in [0.5, 0.6) is 0 Å². The molecule has 0 aliphatic carbocycles. The van der Waals surface area contributed by atoms with Gasteiger partial charge < -0.3 is 20.7 Å². The number of amides is 1. The smallest absolute Gasteiger partial charge is 0.256 e. The maximum Gasteiger partial charge on any atom is 0.256 e. The van der Waals surface area contributed by atoms with Crippen molar-refractivity contribution in [3.8, 4) is 0 Å². The van der Waals surface area contributed by atoms with Crippen molar-refractivity contribution in [2.45, 2.75) is 32.7 Å². The molecule has 1 amide bonds. The predicted octanol–water partition coefficient (Wildman–Crippen LogP) is 2.37. The Morgan fingerprint density at radius 3 is 2.71 bits per heavy atom. The molecule has 0 unspecified atom stereocenters. The van der Waals surface area contributed by atoms with E-state index in [1.54, 1.807) is 17.2 Å². The Balaban J connectivity index is 2.38. The zero-order valence-corrected chi connectivity index (χ0v) is 12.6. The average molecular weight is 289 g/mol. The van der Waals surface area contributed by atoms with Gasteiger partial charge in [-0.25, -0.2) is 0 Å². The van der Waals surface area contributed by atoms with Crippen LogP contribution in [0, 0.1) is 0 Å². The van der Waals surface area contributed by atoms with Gasteiger partial charge in [-0.15, -0.1) is 0 Å². The molecule has 5 heteroatoms. The first kappa shape index (κ1) is 15.4. The second kappa shape index (κ2) is 6.63. The molecular formula is C16H23N3O2. The van der Waals surface area contributed by atoms with Crippen LogP contribution >= 0.6 is 0 Å². The summed E-state index contributed by atoms with van der Waals surface area (Å²) in [7, 11) is 0. The number of H-pyrrole nitrogens is 1. The third kappa shape index (κ3) is 3.03. The number of nitrogens with zero attached hydrogens (tertiary/aromatic N) is 1. The fourth-order valence-corrected chi connectivity index (χ4v) is 2.76. The lowest BCUT2D eigenvalue weighted by Crippen LogP contribution is -2.41. The molecular weight excluding hydrogens is 266 g/mol. The van der Waals surface area contributed by atoms with E-state index < -0.39 is 0 Å². The molecule has 4 N–H and O–H groups in total. The molecule has 0 aliphatic rings. The molecule has 114 valence electrons. The summed E-state index contributed by atoms with van der Waals surface area (Å²) in [6, 6.07) is 5.61. The molecule has 0 bridgehead atoms. The van der Waals surface area contributed by atoms with Crippen molar-refractivity contribution >= 4 is 22.5 Å². The number of nitrogen functional groups attached to an aromatic ring is 1. The lowest BCUT2D eigenvalue weighted by molar-refractivity contribution is 0.0624. The Labute approximate surface area is 124 Å². The van der Waals surface area contributed by atoms with Gasteiger partial charge in [0, 0.05) is 35.4 Å². The number of aromatic nitrogens is 1. The van der Waals surface area contributed by atoms with Gasteiger partial charge in [-0.2, -0.15) is 0 Å². The second-order valence-corrected chi connectivity index (χ2v) is 5.20. The van der Waals surface area contributed by atoms with E-state index in [9.17, 15) is 9.90 Å². The van der Waals surface area contributed by atoms with Gasteiger partial charge in [-0.3, -0.25) is 4.79 Å². The van der Waals surface area contributed by atoms with E-state index in [-0.39, 0.29) is 18.6 Å². The zero-order valence-electron chi connectivity index (χ0n) is 12.6. The highest BCUT2D eigenvalue weighted by Crippen LogP contribution is 2.23. The number of aliphatic hydroxyl groups is 1. The fourth-order valence-electron chi connectivity index (χ4n) is 2.76. The summed E-state index contributed by atoms with van der Waals surface area (Å²) in [4.78, 5) is 17.7. The monoisotopic (exact) mass is 289 g/mol. The number of carbonyl (C=O) groups is 1. The molecule has 1 heterocycles. The molecule has 0 fully saturated rings. The van der Waals surface area contributed by atoms with Crippen LogP contribution in [0.3, 0.4) is 0 Å². The molecule has 0 atom stereocenters. The number of carbonyl (C=O) groups excluding carboxylic acids is 1. The van der Waals surface area contributed by atoms with Crippen molar-refractivity contribution in [3.63, 3.8) is 0 Å². The highest BCUT2D eigenvalue weighted by molar-refractivity contribution is 6.07. The Morgan fingerprint density at radius 2 is 2.10 bits per heavy atom. The number of benzene rings is 1. The molecule has 0 aliphatic heterocycles. The molecule has 2 rings (SSSR count). The number of hydrogen-bond acceptors (Lipinski definition) is 3. The lowest BCUT2D eigenvalue weighted by atomic mass is 10.1. The van der Waals surface area contributed by atoms with Gasteiger partial charge in [0.2, 0.25) is 0 Å². The number of aliphatic hydroxyl groups excluding tert-OH is 1. The van der Waals surface area contributed by atoms with E-state index in [2.05, 4.69) is 18.8 Å². The number of nitrogens with two attached hydrogens (primary N) is 1. The molecule has 0 saturated heterocycles. The van der Waals surface area contributed by atoms with Crippen LogP contribution in [0.4, 0.5) is 5.69 Å². The Bertz CT molecular complexity index is 617. The normalized spacial score (nSPS) is 11.2. The summed E-state index contributed by atoms with van der Waals surface area (Å²) in [6.07, 6.45) is 3.47. The highest BCUT2D eigenvalue weighted by atomic mass is 16.3. The molecule has 5 nitrogen and oxygen atoms in total. The SMILES string of the molecule is CCC(CC)N(CCO)C(=O)c1c[nH]c2cc(N)ccc12. The van der Waals surface area contributed by atoms with E-state index in [1.165, 1.54) is 0 Å². The minimum absolute atomic E-state index is 0.0302. The van der Waals surface area contributed by atoms with E-state index in [1.807, 2.05) is 12.1 Å². The number of anilines is 1. The van der Waals surface area contributed by atoms with Crippen LogP contribution in [-0.4, -0.2) is 40.1 Å². The van der Waals surface area contributed by atoms with Crippen LogP contribution in [0.1, 0.15) is 37.0 Å². The summed E-state index contributed by atoms with van der Waals surface area (Å²) in [5.74, 6) is -0.0474. The molecule has 0 spiro atoms. The molecule has 21 heavy (non-hydrogen) atoms. The molecule has 2 aromatic rings. The van der Waals surface area contributed by atoms with Crippen molar-refractivity contribution in [2.24, 2.45) is 0 Å². The Kier molecular flexibility index (Phi) is 4.85. The Hall–Kier alpha value is -2.01. The summed E-state index contributed by atoms with van der Waals surface area (Å²) >= 11 is 0. The van der Waals surface area contributed by atoms with Crippen molar-refractivity contribution in [2.75, 3.05) is 18.9 Å². The van der Waals surface area contributed by atoms with Gasteiger partial charge in [0.1, 0.15) is 0 Å². The summed E-state index contributed by atoms with van der Waals surface area (Å²) < 4.78 is 0. The van der Waals surface area contributed by atoms with E-state index in [0.29, 0.717) is 17.8 Å². The van der Waals surface area contributed by atoms with Crippen LogP contribution in [0.15, 0.2) is 24.4 Å². The number of hydrogen-bond donors (Lipinski definition) is 3. The van der Waals surface area contributed by atoms with Gasteiger partial charge >= 0.3 is 0 Å². The minimum Gasteiger partial charge on any atom is -0.399 e. The summed E-state index contributed by atoms with van der Waals surface area (Å²) in [5, 5.41) is 10.1. The van der Waals surface area contributed by atoms with Gasteiger partial charge in [-0.1, -0.05) is 13.8 Å². The van der Waals surface area contributed by atoms with Crippen LogP contribution in [0.2, 0.25) is 0 Å². The standard InChI is InChI=1S/C16H23N3O2/c1-3-12(4-2)19(7-8-20)16(21)14-10-18-15-9-11(17)5-6-13(14)15/h5-6,9-10,12,18,20H,3-4,7-8,17H2,1-2H3. The van der Waals surface area contributed by atoms with Crippen LogP contribution in [-0.2, 0) is 0 Å². The predicted molar refractivity (Wildman–Crippen MR) is 85.2 cm³/mol. The molecule has 0 radical (unpaired) electrons. The third-order valence-electron chi connectivity index (χ3n) is 3.92. The quantitative estimate of drug-likeness (QED) is 0.714. The molecule has 1 aromatic carbocycles. The van der Waals surface area contributed by atoms with Gasteiger partial charge in [0.15, 0.2) is 0 Å². The summed E-state index contributed by atoms with van der Waals surface area (Å²) in [6.45, 7) is 4.44.